The van der Waals surface area contributed by atoms with Crippen molar-refractivity contribution in [3.8, 4) is 0 Å². The molecule has 0 atom stereocenters. The Morgan fingerprint density at radius 1 is 1.08 bits per heavy atom. The molecule has 0 bridgehead atoms. The van der Waals surface area contributed by atoms with Crippen molar-refractivity contribution >= 4 is 6.08 Å². The summed E-state index contributed by atoms with van der Waals surface area (Å²) in [6.07, 6.45) is 7.90. The van der Waals surface area contributed by atoms with Crippen LogP contribution in [0.5, 0.6) is 0 Å². The molecule has 12 heavy (non-hydrogen) atoms. The number of rotatable bonds is 3. The van der Waals surface area contributed by atoms with Crippen molar-refractivity contribution < 1.29 is 0 Å². The molecule has 0 fully saturated rings. The molecule has 0 spiro atoms. The van der Waals surface area contributed by atoms with Gasteiger partial charge in [-0.05, 0) is 5.56 Å². The Morgan fingerprint density at radius 3 is 2.50 bits per heavy atom. The molecule has 0 radical (unpaired) electrons. The molecule has 0 saturated heterocycles. The summed E-state index contributed by atoms with van der Waals surface area (Å²) < 4.78 is 0. The fraction of sp³-hybridized carbons (Fsp3) is 0.0909. The van der Waals surface area contributed by atoms with E-state index in [-0.39, 0.29) is 0 Å². The van der Waals surface area contributed by atoms with Gasteiger partial charge in [0.25, 0.3) is 0 Å². The molecule has 1 rings (SSSR count). The maximum Gasteiger partial charge on any atom is 0.0109 e. The summed E-state index contributed by atoms with van der Waals surface area (Å²) >= 11 is 0. The number of hydrogen-bond donors (Lipinski definition) is 1. The summed E-state index contributed by atoms with van der Waals surface area (Å²) in [5, 5.41) is 0. The van der Waals surface area contributed by atoms with E-state index in [1.807, 2.05) is 42.5 Å². The van der Waals surface area contributed by atoms with E-state index in [1.165, 1.54) is 5.56 Å². The predicted molar refractivity (Wildman–Crippen MR) is 53.7 cm³/mol. The zero-order valence-corrected chi connectivity index (χ0v) is 6.98. The molecule has 1 aromatic carbocycles. The molecule has 0 aliphatic rings. The first kappa shape index (κ1) is 8.75. The summed E-state index contributed by atoms with van der Waals surface area (Å²) in [5.74, 6) is 0. The first-order valence-corrected chi connectivity index (χ1v) is 4.02. The highest BCUT2D eigenvalue weighted by atomic mass is 14.5. The number of nitrogens with two attached hydrogens (primary N) is 1. The highest BCUT2D eigenvalue weighted by molar-refractivity contribution is 5.50. The Morgan fingerprint density at radius 2 is 1.83 bits per heavy atom. The summed E-state index contributed by atoms with van der Waals surface area (Å²) in [6.45, 7) is 0.596. The van der Waals surface area contributed by atoms with Crippen LogP contribution in [-0.2, 0) is 0 Å². The average Bonchev–Trinajstić information content (AvgIpc) is 2.14. The second kappa shape index (κ2) is 5.33. The number of hydrogen-bond acceptors (Lipinski definition) is 1. The lowest BCUT2D eigenvalue weighted by Gasteiger charge is -1.88. The molecule has 0 aliphatic carbocycles. The van der Waals surface area contributed by atoms with Gasteiger partial charge >= 0.3 is 0 Å². The van der Waals surface area contributed by atoms with Gasteiger partial charge in [0, 0.05) is 6.54 Å². The van der Waals surface area contributed by atoms with Gasteiger partial charge in [-0.25, -0.2) is 0 Å². The second-order valence-corrected chi connectivity index (χ2v) is 2.43. The molecule has 1 nitrogen and oxygen atoms in total. The molecule has 1 aromatic rings. The lowest BCUT2D eigenvalue weighted by Crippen LogP contribution is -1.91. The molecule has 62 valence electrons. The van der Waals surface area contributed by atoms with Gasteiger partial charge in [0.1, 0.15) is 0 Å². The van der Waals surface area contributed by atoms with Crippen molar-refractivity contribution in [1.29, 1.82) is 0 Å². The molecule has 1 heteroatoms. The quantitative estimate of drug-likeness (QED) is 0.672. The summed E-state index contributed by atoms with van der Waals surface area (Å²) in [7, 11) is 0. The highest BCUT2D eigenvalue weighted by Crippen LogP contribution is 2.00. The van der Waals surface area contributed by atoms with Gasteiger partial charge in [0.15, 0.2) is 0 Å². The van der Waals surface area contributed by atoms with Gasteiger partial charge in [-0.1, -0.05) is 54.6 Å². The first-order chi connectivity index (χ1) is 5.93. The van der Waals surface area contributed by atoms with E-state index in [0.717, 1.165) is 0 Å². The van der Waals surface area contributed by atoms with E-state index in [4.69, 9.17) is 5.73 Å². The molecular formula is C11H13N. The van der Waals surface area contributed by atoms with Crippen LogP contribution < -0.4 is 5.73 Å². The molecule has 0 amide bonds. The van der Waals surface area contributed by atoms with Crippen LogP contribution in [0.25, 0.3) is 6.08 Å². The monoisotopic (exact) mass is 159 g/mol. The van der Waals surface area contributed by atoms with E-state index in [2.05, 4.69) is 12.1 Å². The molecule has 0 aromatic heterocycles. The average molecular weight is 159 g/mol. The van der Waals surface area contributed by atoms with Gasteiger partial charge in [-0.15, -0.1) is 0 Å². The van der Waals surface area contributed by atoms with Gasteiger partial charge in [0.2, 0.25) is 0 Å². The Bertz CT molecular complexity index is 260. The third kappa shape index (κ3) is 3.17. The summed E-state index contributed by atoms with van der Waals surface area (Å²) in [6, 6.07) is 10.2. The Hall–Kier alpha value is -1.34. The summed E-state index contributed by atoms with van der Waals surface area (Å²) in [5.41, 5.74) is 6.49. The van der Waals surface area contributed by atoms with Crippen LogP contribution in [0.2, 0.25) is 0 Å². The maximum absolute atomic E-state index is 5.29. The minimum absolute atomic E-state index is 0.596. The van der Waals surface area contributed by atoms with Crippen molar-refractivity contribution in [1.82, 2.24) is 0 Å². The van der Waals surface area contributed by atoms with E-state index in [9.17, 15) is 0 Å². The first-order valence-electron chi connectivity index (χ1n) is 4.02. The van der Waals surface area contributed by atoms with E-state index >= 15 is 0 Å². The molecule has 0 heterocycles. The molecule has 0 unspecified atom stereocenters. The topological polar surface area (TPSA) is 26.0 Å². The second-order valence-electron chi connectivity index (χ2n) is 2.43. The molecule has 0 aliphatic heterocycles. The largest absolute Gasteiger partial charge is 0.327 e. The Kier molecular flexibility index (Phi) is 3.89. The highest BCUT2D eigenvalue weighted by Gasteiger charge is 1.78. The van der Waals surface area contributed by atoms with Crippen LogP contribution in [0.4, 0.5) is 0 Å². The lowest BCUT2D eigenvalue weighted by atomic mass is 10.2. The fourth-order valence-electron chi connectivity index (χ4n) is 0.888. The fourth-order valence-corrected chi connectivity index (χ4v) is 0.888. The number of benzene rings is 1. The lowest BCUT2D eigenvalue weighted by molar-refractivity contribution is 1.25. The third-order valence-corrected chi connectivity index (χ3v) is 1.47. The standard InChI is InChI=1S/C11H13N/c12-10-6-2-5-9-11-7-3-1-4-8-11/h1-9H,10,12H2/b6-2-,9-5+. The van der Waals surface area contributed by atoms with Gasteiger partial charge in [-0.2, -0.15) is 0 Å². The van der Waals surface area contributed by atoms with E-state index < -0.39 is 0 Å². The Balaban J connectivity index is 2.52. The van der Waals surface area contributed by atoms with Gasteiger partial charge in [-0.3, -0.25) is 0 Å². The van der Waals surface area contributed by atoms with Crippen molar-refractivity contribution in [2.75, 3.05) is 6.54 Å². The van der Waals surface area contributed by atoms with E-state index in [0.29, 0.717) is 6.54 Å². The van der Waals surface area contributed by atoms with Crippen LogP contribution in [0.15, 0.2) is 48.6 Å². The maximum atomic E-state index is 5.29. The van der Waals surface area contributed by atoms with Gasteiger partial charge in [0.05, 0.1) is 0 Å². The van der Waals surface area contributed by atoms with Crippen LogP contribution in [0, 0.1) is 0 Å². The smallest absolute Gasteiger partial charge is 0.0109 e. The van der Waals surface area contributed by atoms with E-state index in [1.54, 1.807) is 0 Å². The van der Waals surface area contributed by atoms with Crippen molar-refractivity contribution in [2.24, 2.45) is 5.73 Å². The Labute approximate surface area is 73.2 Å². The normalized spacial score (nSPS) is 11.4. The minimum atomic E-state index is 0.596. The zero-order valence-electron chi connectivity index (χ0n) is 6.98. The predicted octanol–water partition coefficient (Wildman–Crippen LogP) is 2.21. The van der Waals surface area contributed by atoms with Crippen LogP contribution in [-0.4, -0.2) is 6.54 Å². The zero-order chi connectivity index (χ0) is 8.65. The van der Waals surface area contributed by atoms with Crippen molar-refractivity contribution in [3.63, 3.8) is 0 Å². The minimum Gasteiger partial charge on any atom is -0.327 e. The SMILES string of the molecule is NC/C=C\C=C\c1ccccc1. The van der Waals surface area contributed by atoms with Crippen molar-refractivity contribution in [3.05, 3.63) is 54.1 Å². The van der Waals surface area contributed by atoms with Crippen molar-refractivity contribution in [2.45, 2.75) is 0 Å². The molecule has 2 N–H and O–H groups in total. The molecular weight excluding hydrogens is 146 g/mol. The molecule has 0 saturated carbocycles. The number of allylic oxidation sites excluding steroid dienone is 2. The van der Waals surface area contributed by atoms with Crippen LogP contribution >= 0.6 is 0 Å². The van der Waals surface area contributed by atoms with Crippen LogP contribution in [0.1, 0.15) is 5.56 Å². The third-order valence-electron chi connectivity index (χ3n) is 1.47. The van der Waals surface area contributed by atoms with Crippen LogP contribution in [0.3, 0.4) is 0 Å². The van der Waals surface area contributed by atoms with Gasteiger partial charge < -0.3 is 5.73 Å². The summed E-state index contributed by atoms with van der Waals surface area (Å²) in [4.78, 5) is 0.